The Kier molecular flexibility index (Phi) is 6.26. The summed E-state index contributed by atoms with van der Waals surface area (Å²) in [6, 6.07) is 14.7. The summed E-state index contributed by atoms with van der Waals surface area (Å²) in [5.74, 6) is -1.23. The molecule has 7 heteroatoms. The molecule has 28 heavy (non-hydrogen) atoms. The van der Waals surface area contributed by atoms with Gasteiger partial charge in [0.05, 0.1) is 23.1 Å². The molecule has 0 bridgehead atoms. The molecule has 144 valence electrons. The van der Waals surface area contributed by atoms with Crippen molar-refractivity contribution in [3.8, 4) is 0 Å². The largest absolute Gasteiger partial charge is 0.463 e. The van der Waals surface area contributed by atoms with Gasteiger partial charge in [0.1, 0.15) is 5.82 Å². The van der Waals surface area contributed by atoms with Crippen LogP contribution in [0, 0.1) is 5.82 Å². The average molecular weight is 398 g/mol. The van der Waals surface area contributed by atoms with E-state index in [0.717, 1.165) is 5.56 Å². The number of carbonyl (C=O) groups is 2. The molecular weight excluding hydrogens is 379 g/mol. The fraction of sp³-hybridized carbons (Fsp3) is 0.190. The van der Waals surface area contributed by atoms with Crippen LogP contribution >= 0.6 is 11.8 Å². The summed E-state index contributed by atoms with van der Waals surface area (Å²) in [6.07, 6.45) is 0. The van der Waals surface area contributed by atoms with Gasteiger partial charge in [-0.15, -0.1) is 0 Å². The Morgan fingerprint density at radius 2 is 1.82 bits per heavy atom. The van der Waals surface area contributed by atoms with Gasteiger partial charge in [0, 0.05) is 5.56 Å². The minimum absolute atomic E-state index is 0.264. The Morgan fingerprint density at radius 1 is 1.14 bits per heavy atom. The first-order valence-corrected chi connectivity index (χ1v) is 9.62. The zero-order valence-electron chi connectivity index (χ0n) is 15.4. The van der Waals surface area contributed by atoms with Gasteiger partial charge in [-0.05, 0) is 43.7 Å². The number of ether oxygens (including phenoxy) is 1. The third-order valence-corrected chi connectivity index (χ3v) is 5.24. The Bertz CT molecular complexity index is 940. The molecule has 0 fully saturated rings. The molecule has 3 rings (SSSR count). The van der Waals surface area contributed by atoms with E-state index in [-0.39, 0.29) is 11.9 Å². The van der Waals surface area contributed by atoms with Crippen molar-refractivity contribution in [1.29, 1.82) is 0 Å². The summed E-state index contributed by atoms with van der Waals surface area (Å²) in [5.41, 5.74) is 2.16. The molecule has 0 spiro atoms. The summed E-state index contributed by atoms with van der Waals surface area (Å²) in [6.45, 7) is 3.73. The van der Waals surface area contributed by atoms with Crippen molar-refractivity contribution in [2.75, 3.05) is 6.61 Å². The summed E-state index contributed by atoms with van der Waals surface area (Å²) in [7, 11) is 0. The number of nitrogens with one attached hydrogen (secondary N) is 1. The fourth-order valence-corrected chi connectivity index (χ4v) is 4.00. The molecule has 1 atom stereocenters. The van der Waals surface area contributed by atoms with Crippen molar-refractivity contribution in [3.05, 3.63) is 82.8 Å². The Morgan fingerprint density at radius 3 is 2.46 bits per heavy atom. The van der Waals surface area contributed by atoms with Crippen LogP contribution in [-0.2, 0) is 9.53 Å². The molecule has 5 nitrogen and oxygen atoms in total. The molecule has 1 unspecified atom stereocenters. The van der Waals surface area contributed by atoms with Gasteiger partial charge in [0.15, 0.2) is 5.17 Å². The SMILES string of the molecule is CCOC(=O)C1=C(C)N=C(NC(=O)c2ccc(F)cc2)SC1c1ccccc1. The quantitative estimate of drug-likeness (QED) is 0.783. The highest BCUT2D eigenvalue weighted by atomic mass is 32.2. The second-order valence-electron chi connectivity index (χ2n) is 6.01. The molecule has 0 saturated heterocycles. The normalized spacial score (nSPS) is 16.4. The molecule has 2 aromatic rings. The molecule has 0 radical (unpaired) electrons. The second-order valence-corrected chi connectivity index (χ2v) is 7.10. The molecule has 1 amide bonds. The van der Waals surface area contributed by atoms with Crippen LogP contribution in [0.25, 0.3) is 0 Å². The molecule has 1 heterocycles. The van der Waals surface area contributed by atoms with Gasteiger partial charge in [-0.2, -0.15) is 0 Å². The number of nitrogens with zero attached hydrogens (tertiary/aromatic N) is 1. The van der Waals surface area contributed by atoms with Crippen LogP contribution in [-0.4, -0.2) is 23.7 Å². The monoisotopic (exact) mass is 398 g/mol. The van der Waals surface area contributed by atoms with Gasteiger partial charge in [0.2, 0.25) is 0 Å². The molecule has 1 N–H and O–H groups in total. The van der Waals surface area contributed by atoms with Crippen LogP contribution < -0.4 is 5.32 Å². The number of aliphatic imine (C=N–C) groups is 1. The Labute approximate surface area is 166 Å². The van der Waals surface area contributed by atoms with Crippen molar-refractivity contribution in [1.82, 2.24) is 5.32 Å². The van der Waals surface area contributed by atoms with E-state index in [1.54, 1.807) is 13.8 Å². The second kappa shape index (κ2) is 8.84. The predicted octanol–water partition coefficient (Wildman–Crippen LogP) is 4.24. The van der Waals surface area contributed by atoms with Crippen LogP contribution in [0.4, 0.5) is 4.39 Å². The van der Waals surface area contributed by atoms with E-state index in [1.807, 2.05) is 30.3 Å². The third-order valence-electron chi connectivity index (χ3n) is 4.08. The van der Waals surface area contributed by atoms with Gasteiger partial charge in [-0.3, -0.25) is 4.79 Å². The molecule has 2 aromatic carbocycles. The number of allylic oxidation sites excluding steroid dienone is 1. The number of amidine groups is 1. The maximum absolute atomic E-state index is 13.1. The molecule has 0 saturated carbocycles. The van der Waals surface area contributed by atoms with Crippen LogP contribution in [0.2, 0.25) is 0 Å². The number of rotatable bonds is 4. The van der Waals surface area contributed by atoms with Crippen LogP contribution in [0.3, 0.4) is 0 Å². The zero-order chi connectivity index (χ0) is 20.1. The van der Waals surface area contributed by atoms with Crippen molar-refractivity contribution >= 4 is 28.8 Å². The topological polar surface area (TPSA) is 67.8 Å². The minimum atomic E-state index is -0.422. The third kappa shape index (κ3) is 4.48. The highest BCUT2D eigenvalue weighted by molar-refractivity contribution is 8.14. The van der Waals surface area contributed by atoms with Crippen LogP contribution in [0.15, 0.2) is 70.9 Å². The van der Waals surface area contributed by atoms with E-state index < -0.39 is 17.7 Å². The van der Waals surface area contributed by atoms with E-state index in [0.29, 0.717) is 22.0 Å². The standard InChI is InChI=1S/C21H19FN2O3S/c1-3-27-20(26)17-13(2)23-21(28-18(17)14-7-5-4-6-8-14)24-19(25)15-9-11-16(22)12-10-15/h4-12,18H,3H2,1-2H3,(H,23,24,25). The first-order chi connectivity index (χ1) is 13.5. The van der Waals surface area contributed by atoms with Gasteiger partial charge >= 0.3 is 5.97 Å². The maximum atomic E-state index is 13.1. The number of halogens is 1. The summed E-state index contributed by atoms with van der Waals surface area (Å²) in [5, 5.41) is 2.75. The number of thioether (sulfide) groups is 1. The van der Waals surface area contributed by atoms with E-state index in [1.165, 1.54) is 36.0 Å². The van der Waals surface area contributed by atoms with Crippen molar-refractivity contribution in [2.45, 2.75) is 19.1 Å². The van der Waals surface area contributed by atoms with Gasteiger partial charge in [0.25, 0.3) is 5.91 Å². The lowest BCUT2D eigenvalue weighted by Crippen LogP contribution is -2.31. The van der Waals surface area contributed by atoms with Gasteiger partial charge in [-0.1, -0.05) is 42.1 Å². The van der Waals surface area contributed by atoms with Crippen LogP contribution in [0.5, 0.6) is 0 Å². The summed E-state index contributed by atoms with van der Waals surface area (Å²) >= 11 is 1.26. The fourth-order valence-electron chi connectivity index (χ4n) is 2.75. The van der Waals surface area contributed by atoms with Crippen LogP contribution in [0.1, 0.15) is 35.0 Å². The van der Waals surface area contributed by atoms with Gasteiger partial charge in [-0.25, -0.2) is 14.2 Å². The smallest absolute Gasteiger partial charge is 0.337 e. The van der Waals surface area contributed by atoms with E-state index in [2.05, 4.69) is 10.3 Å². The highest BCUT2D eigenvalue weighted by Crippen LogP contribution is 2.41. The molecular formula is C21H19FN2O3S. The Balaban J connectivity index is 1.90. The van der Waals surface area contributed by atoms with Gasteiger partial charge < -0.3 is 10.1 Å². The number of hydrogen-bond acceptors (Lipinski definition) is 5. The van der Waals surface area contributed by atoms with Crippen molar-refractivity contribution in [3.63, 3.8) is 0 Å². The average Bonchev–Trinajstić information content (AvgIpc) is 2.68. The lowest BCUT2D eigenvalue weighted by Gasteiger charge is -2.25. The number of hydrogen-bond donors (Lipinski definition) is 1. The van der Waals surface area contributed by atoms with Crippen molar-refractivity contribution < 1.29 is 18.7 Å². The highest BCUT2D eigenvalue weighted by Gasteiger charge is 2.32. The lowest BCUT2D eigenvalue weighted by atomic mass is 10.0. The lowest BCUT2D eigenvalue weighted by molar-refractivity contribution is -0.138. The number of esters is 1. The summed E-state index contributed by atoms with van der Waals surface area (Å²) in [4.78, 5) is 29.3. The number of amides is 1. The van der Waals surface area contributed by atoms with E-state index in [9.17, 15) is 14.0 Å². The zero-order valence-corrected chi connectivity index (χ0v) is 16.3. The molecule has 1 aliphatic rings. The number of carbonyl (C=O) groups excluding carboxylic acids is 2. The first kappa shape index (κ1) is 19.8. The summed E-state index contributed by atoms with van der Waals surface area (Å²) < 4.78 is 18.3. The number of benzene rings is 2. The maximum Gasteiger partial charge on any atom is 0.337 e. The molecule has 1 aliphatic heterocycles. The molecule has 0 aliphatic carbocycles. The Hall–Kier alpha value is -2.93. The van der Waals surface area contributed by atoms with E-state index >= 15 is 0 Å². The first-order valence-electron chi connectivity index (χ1n) is 8.74. The van der Waals surface area contributed by atoms with Crippen molar-refractivity contribution in [2.24, 2.45) is 4.99 Å². The minimum Gasteiger partial charge on any atom is -0.463 e. The predicted molar refractivity (Wildman–Crippen MR) is 107 cm³/mol. The van der Waals surface area contributed by atoms with E-state index in [4.69, 9.17) is 4.74 Å². The molecule has 0 aromatic heterocycles.